The summed E-state index contributed by atoms with van der Waals surface area (Å²) in [5.41, 5.74) is 1.49. The molecular weight excluding hydrogens is 258 g/mol. The molecular formula is C14H23N3O3. The number of aryl methyl sites for hydroxylation is 1. The van der Waals surface area contributed by atoms with Gasteiger partial charge in [0.1, 0.15) is 11.9 Å². The van der Waals surface area contributed by atoms with E-state index in [0.29, 0.717) is 6.42 Å². The van der Waals surface area contributed by atoms with Crippen LogP contribution in [0.3, 0.4) is 0 Å². The Labute approximate surface area is 119 Å². The molecule has 20 heavy (non-hydrogen) atoms. The largest absolute Gasteiger partial charge is 0.444 e. The Hall–Kier alpha value is -1.85. The van der Waals surface area contributed by atoms with Crippen molar-refractivity contribution in [2.24, 2.45) is 13.0 Å². The maximum Gasteiger partial charge on any atom is 0.407 e. The highest BCUT2D eigenvalue weighted by Gasteiger charge is 2.18. The molecule has 0 aliphatic heterocycles. The van der Waals surface area contributed by atoms with Crippen LogP contribution in [0.2, 0.25) is 0 Å². The van der Waals surface area contributed by atoms with Gasteiger partial charge in [-0.05, 0) is 39.7 Å². The van der Waals surface area contributed by atoms with Crippen LogP contribution in [0.4, 0.5) is 4.79 Å². The molecule has 112 valence electrons. The van der Waals surface area contributed by atoms with Gasteiger partial charge in [0.05, 0.1) is 6.20 Å². The Kier molecular flexibility index (Phi) is 5.30. The van der Waals surface area contributed by atoms with Crippen molar-refractivity contribution in [3.8, 4) is 0 Å². The summed E-state index contributed by atoms with van der Waals surface area (Å²) in [4.78, 5) is 22.6. The lowest BCUT2D eigenvalue weighted by molar-refractivity contribution is -0.110. The second-order valence-electron chi connectivity index (χ2n) is 5.86. The molecule has 1 amide bonds. The summed E-state index contributed by atoms with van der Waals surface area (Å²) in [7, 11) is 1.85. The standard InChI is InChI=1S/C14H23N3O3/c1-10-12(8-16-17(10)5)6-11(9-18)7-15-13(19)20-14(2,3)4/h8-9,11H,6-7H2,1-5H3,(H,15,19). The van der Waals surface area contributed by atoms with Crippen LogP contribution in [0.1, 0.15) is 32.0 Å². The summed E-state index contributed by atoms with van der Waals surface area (Å²) in [6.07, 6.45) is 2.65. The Morgan fingerprint density at radius 2 is 2.20 bits per heavy atom. The van der Waals surface area contributed by atoms with Gasteiger partial charge in [-0.2, -0.15) is 5.10 Å². The molecule has 1 rings (SSSR count). The van der Waals surface area contributed by atoms with Crippen LogP contribution in [0.5, 0.6) is 0 Å². The van der Waals surface area contributed by atoms with E-state index in [0.717, 1.165) is 17.5 Å². The van der Waals surface area contributed by atoms with Gasteiger partial charge in [-0.3, -0.25) is 4.68 Å². The number of nitrogens with zero attached hydrogens (tertiary/aromatic N) is 2. The van der Waals surface area contributed by atoms with Crippen LogP contribution in [-0.4, -0.2) is 34.3 Å². The molecule has 0 saturated heterocycles. The Morgan fingerprint density at radius 3 is 2.65 bits per heavy atom. The summed E-state index contributed by atoms with van der Waals surface area (Å²) in [6.45, 7) is 7.59. The Balaban J connectivity index is 2.50. The molecule has 6 nitrogen and oxygen atoms in total. The average molecular weight is 281 g/mol. The van der Waals surface area contributed by atoms with Crippen molar-refractivity contribution in [2.75, 3.05) is 6.54 Å². The number of aromatic nitrogens is 2. The van der Waals surface area contributed by atoms with Crippen molar-refractivity contribution in [1.82, 2.24) is 15.1 Å². The van der Waals surface area contributed by atoms with Crippen LogP contribution < -0.4 is 5.32 Å². The molecule has 1 heterocycles. The van der Waals surface area contributed by atoms with E-state index in [9.17, 15) is 9.59 Å². The van der Waals surface area contributed by atoms with Crippen LogP contribution >= 0.6 is 0 Å². The molecule has 6 heteroatoms. The highest BCUT2D eigenvalue weighted by molar-refractivity contribution is 5.68. The lowest BCUT2D eigenvalue weighted by Gasteiger charge is -2.20. The Bertz CT molecular complexity index is 474. The fraction of sp³-hybridized carbons (Fsp3) is 0.643. The first-order valence-corrected chi connectivity index (χ1v) is 6.62. The monoisotopic (exact) mass is 281 g/mol. The molecule has 0 aliphatic rings. The second kappa shape index (κ2) is 6.54. The molecule has 1 N–H and O–H groups in total. The second-order valence-corrected chi connectivity index (χ2v) is 5.86. The molecule has 0 aliphatic carbocycles. The van der Waals surface area contributed by atoms with Crippen molar-refractivity contribution >= 4 is 12.4 Å². The molecule has 0 bridgehead atoms. The van der Waals surface area contributed by atoms with E-state index in [-0.39, 0.29) is 12.5 Å². The van der Waals surface area contributed by atoms with Gasteiger partial charge in [-0.1, -0.05) is 0 Å². The van der Waals surface area contributed by atoms with Crippen molar-refractivity contribution in [2.45, 2.75) is 39.7 Å². The van der Waals surface area contributed by atoms with Gasteiger partial charge in [0.15, 0.2) is 0 Å². The smallest absolute Gasteiger partial charge is 0.407 e. The molecule has 0 fully saturated rings. The predicted molar refractivity (Wildman–Crippen MR) is 75.4 cm³/mol. The average Bonchev–Trinajstić information content (AvgIpc) is 2.63. The van der Waals surface area contributed by atoms with Crippen molar-refractivity contribution in [1.29, 1.82) is 0 Å². The van der Waals surface area contributed by atoms with Crippen LogP contribution in [0, 0.1) is 12.8 Å². The van der Waals surface area contributed by atoms with Crippen molar-refractivity contribution < 1.29 is 14.3 Å². The number of carbonyl (C=O) groups excluding carboxylic acids is 2. The number of ether oxygens (including phenoxy) is 1. The summed E-state index contributed by atoms with van der Waals surface area (Å²) in [6, 6.07) is 0. The van der Waals surface area contributed by atoms with Gasteiger partial charge < -0.3 is 14.8 Å². The molecule has 1 atom stereocenters. The number of hydrogen-bond acceptors (Lipinski definition) is 4. The van der Waals surface area contributed by atoms with E-state index >= 15 is 0 Å². The normalized spacial score (nSPS) is 12.8. The summed E-state index contributed by atoms with van der Waals surface area (Å²) >= 11 is 0. The number of nitrogens with one attached hydrogen (secondary N) is 1. The predicted octanol–water partition coefficient (Wildman–Crippen LogP) is 1.61. The highest BCUT2D eigenvalue weighted by atomic mass is 16.6. The number of aldehydes is 1. The Morgan fingerprint density at radius 1 is 1.55 bits per heavy atom. The minimum atomic E-state index is -0.541. The van der Waals surface area contributed by atoms with Crippen LogP contribution in [-0.2, 0) is 23.0 Å². The molecule has 0 saturated carbocycles. The summed E-state index contributed by atoms with van der Waals surface area (Å²) < 4.78 is 6.89. The topological polar surface area (TPSA) is 73.2 Å². The quantitative estimate of drug-likeness (QED) is 0.832. The van der Waals surface area contributed by atoms with E-state index in [4.69, 9.17) is 4.74 Å². The first kappa shape index (κ1) is 16.2. The SMILES string of the molecule is Cc1c(CC(C=O)CNC(=O)OC(C)(C)C)cnn1C. The van der Waals surface area contributed by atoms with E-state index in [2.05, 4.69) is 10.4 Å². The third-order valence-electron chi connectivity index (χ3n) is 2.92. The third kappa shape index (κ3) is 5.03. The third-order valence-corrected chi connectivity index (χ3v) is 2.92. The molecule has 0 aromatic carbocycles. The number of rotatable bonds is 5. The van der Waals surface area contributed by atoms with E-state index in [1.54, 1.807) is 31.6 Å². The molecule has 0 spiro atoms. The minimum absolute atomic E-state index is 0.257. The van der Waals surface area contributed by atoms with Gasteiger partial charge in [0, 0.05) is 25.2 Å². The van der Waals surface area contributed by atoms with Gasteiger partial charge in [0.2, 0.25) is 0 Å². The molecule has 0 radical (unpaired) electrons. The summed E-state index contributed by atoms with van der Waals surface area (Å²) in [5, 5.41) is 6.75. The minimum Gasteiger partial charge on any atom is -0.444 e. The zero-order chi connectivity index (χ0) is 15.3. The maximum atomic E-state index is 11.5. The van der Waals surface area contributed by atoms with Crippen LogP contribution in [0.15, 0.2) is 6.20 Å². The number of alkyl carbamates (subject to hydrolysis) is 1. The first-order valence-electron chi connectivity index (χ1n) is 6.62. The van der Waals surface area contributed by atoms with E-state index < -0.39 is 11.7 Å². The fourth-order valence-corrected chi connectivity index (χ4v) is 1.72. The summed E-state index contributed by atoms with van der Waals surface area (Å²) in [5.74, 6) is -0.287. The number of hydrogen-bond donors (Lipinski definition) is 1. The highest BCUT2D eigenvalue weighted by Crippen LogP contribution is 2.11. The van der Waals surface area contributed by atoms with E-state index in [1.165, 1.54) is 0 Å². The number of amides is 1. The zero-order valence-electron chi connectivity index (χ0n) is 12.8. The molecule has 1 aromatic heterocycles. The maximum absolute atomic E-state index is 11.5. The molecule has 1 aromatic rings. The van der Waals surface area contributed by atoms with Gasteiger partial charge in [-0.25, -0.2) is 4.79 Å². The van der Waals surface area contributed by atoms with Crippen molar-refractivity contribution in [3.63, 3.8) is 0 Å². The fourth-order valence-electron chi connectivity index (χ4n) is 1.72. The van der Waals surface area contributed by atoms with Crippen molar-refractivity contribution in [3.05, 3.63) is 17.5 Å². The lowest BCUT2D eigenvalue weighted by atomic mass is 10.0. The van der Waals surface area contributed by atoms with Gasteiger partial charge in [-0.15, -0.1) is 0 Å². The van der Waals surface area contributed by atoms with Crippen LogP contribution in [0.25, 0.3) is 0 Å². The van der Waals surface area contributed by atoms with Gasteiger partial charge in [0.25, 0.3) is 0 Å². The first-order chi connectivity index (χ1) is 9.23. The van der Waals surface area contributed by atoms with Gasteiger partial charge >= 0.3 is 6.09 Å². The number of carbonyl (C=O) groups is 2. The molecule has 1 unspecified atom stereocenters. The lowest BCUT2D eigenvalue weighted by Crippen LogP contribution is -2.36. The zero-order valence-corrected chi connectivity index (χ0v) is 12.8. The van der Waals surface area contributed by atoms with E-state index in [1.807, 2.05) is 14.0 Å².